The first-order valence-corrected chi connectivity index (χ1v) is 13.4. The Morgan fingerprint density at radius 3 is 2.72 bits per heavy atom. The summed E-state index contributed by atoms with van der Waals surface area (Å²) >= 11 is 1.78. The molecular formula is C21H30N4O2S2. The van der Waals surface area contributed by atoms with Gasteiger partial charge >= 0.3 is 0 Å². The molecule has 0 unspecified atom stereocenters. The molecule has 0 amide bonds. The maximum atomic E-state index is 11.7. The number of anilines is 1. The second-order valence-corrected chi connectivity index (χ2v) is 12.7. The highest BCUT2D eigenvalue weighted by molar-refractivity contribution is 7.91. The lowest BCUT2D eigenvalue weighted by atomic mass is 9.76. The third-order valence-corrected chi connectivity index (χ3v) is 10.3. The third kappa shape index (κ3) is 3.57. The van der Waals surface area contributed by atoms with Crippen molar-refractivity contribution >= 4 is 37.2 Å². The van der Waals surface area contributed by atoms with E-state index in [1.54, 1.807) is 17.7 Å². The normalized spacial score (nSPS) is 25.5. The average molecular weight is 435 g/mol. The largest absolute Gasteiger partial charge is 0.355 e. The first-order chi connectivity index (χ1) is 13.9. The van der Waals surface area contributed by atoms with E-state index in [9.17, 15) is 8.42 Å². The molecule has 6 nitrogen and oxygen atoms in total. The van der Waals surface area contributed by atoms with Crippen molar-refractivity contribution in [1.29, 1.82) is 0 Å². The van der Waals surface area contributed by atoms with Crippen LogP contribution in [0.5, 0.6) is 0 Å². The van der Waals surface area contributed by atoms with Gasteiger partial charge in [0.2, 0.25) is 0 Å². The van der Waals surface area contributed by atoms with Crippen molar-refractivity contribution in [2.45, 2.75) is 45.6 Å². The smallest absolute Gasteiger partial charge is 0.150 e. The number of sulfone groups is 1. The summed E-state index contributed by atoms with van der Waals surface area (Å²) in [5.41, 5.74) is 0.371. The van der Waals surface area contributed by atoms with Gasteiger partial charge in [-0.15, -0.1) is 11.3 Å². The Morgan fingerprint density at radius 1 is 1.24 bits per heavy atom. The quantitative estimate of drug-likeness (QED) is 0.737. The third-order valence-electron chi connectivity index (χ3n) is 7.38. The molecule has 3 saturated heterocycles. The molecule has 0 aromatic carbocycles. The van der Waals surface area contributed by atoms with E-state index in [2.05, 4.69) is 39.7 Å². The van der Waals surface area contributed by atoms with Crippen LogP contribution in [-0.4, -0.2) is 67.0 Å². The first kappa shape index (κ1) is 19.7. The van der Waals surface area contributed by atoms with Crippen LogP contribution < -0.4 is 4.90 Å². The van der Waals surface area contributed by atoms with Crippen LogP contribution in [0.2, 0.25) is 0 Å². The molecule has 1 atom stereocenters. The summed E-state index contributed by atoms with van der Waals surface area (Å²) in [5, 5.41) is 1.21. The molecule has 158 valence electrons. The van der Waals surface area contributed by atoms with Crippen LogP contribution in [0.15, 0.2) is 12.4 Å². The van der Waals surface area contributed by atoms with Crippen molar-refractivity contribution in [3.63, 3.8) is 0 Å². The van der Waals surface area contributed by atoms with Crippen LogP contribution in [0.25, 0.3) is 10.2 Å². The van der Waals surface area contributed by atoms with Crippen LogP contribution in [-0.2, 0) is 16.3 Å². The summed E-state index contributed by atoms with van der Waals surface area (Å²) in [6.45, 7) is 8.88. The molecule has 0 bridgehead atoms. The summed E-state index contributed by atoms with van der Waals surface area (Å²) in [6.07, 6.45) is 5.63. The van der Waals surface area contributed by atoms with Crippen molar-refractivity contribution in [3.05, 3.63) is 17.3 Å². The van der Waals surface area contributed by atoms with Gasteiger partial charge in [0.1, 0.15) is 26.8 Å². The molecule has 3 aliphatic rings. The van der Waals surface area contributed by atoms with E-state index in [-0.39, 0.29) is 0 Å². The van der Waals surface area contributed by atoms with Gasteiger partial charge in [-0.3, -0.25) is 4.90 Å². The number of thiophene rings is 1. The topological polar surface area (TPSA) is 66.4 Å². The predicted molar refractivity (Wildman–Crippen MR) is 118 cm³/mol. The Labute approximate surface area is 177 Å². The number of aromatic nitrogens is 2. The minimum Gasteiger partial charge on any atom is -0.355 e. The number of nitrogens with zero attached hydrogens (tertiary/aromatic N) is 4. The highest BCUT2D eigenvalue weighted by Crippen LogP contribution is 2.44. The van der Waals surface area contributed by atoms with E-state index in [0.29, 0.717) is 28.9 Å². The second-order valence-electron chi connectivity index (χ2n) is 9.29. The molecular weight excluding hydrogens is 404 g/mol. The van der Waals surface area contributed by atoms with Crippen molar-refractivity contribution in [3.8, 4) is 0 Å². The van der Waals surface area contributed by atoms with Gasteiger partial charge in [-0.1, -0.05) is 6.92 Å². The summed E-state index contributed by atoms with van der Waals surface area (Å²) in [4.78, 5) is 16.7. The Hall–Kier alpha value is -1.25. The zero-order chi connectivity index (χ0) is 20.2. The number of likely N-dealkylation sites (tertiary alicyclic amines) is 1. The Kier molecular flexibility index (Phi) is 4.87. The Bertz CT molecular complexity index is 999. The number of hydrogen-bond donors (Lipinski definition) is 0. The Balaban J connectivity index is 1.24. The van der Waals surface area contributed by atoms with E-state index in [1.807, 2.05) is 0 Å². The number of hydrogen-bond acceptors (Lipinski definition) is 7. The van der Waals surface area contributed by atoms with Crippen LogP contribution in [0.1, 0.15) is 38.0 Å². The fraction of sp³-hybridized carbons (Fsp3) is 0.714. The molecule has 2 aromatic heterocycles. The van der Waals surface area contributed by atoms with Crippen LogP contribution >= 0.6 is 11.3 Å². The zero-order valence-electron chi connectivity index (χ0n) is 17.3. The maximum absolute atomic E-state index is 11.7. The van der Waals surface area contributed by atoms with Gasteiger partial charge in [0.15, 0.2) is 0 Å². The van der Waals surface area contributed by atoms with Gasteiger partial charge in [-0.2, -0.15) is 0 Å². The molecule has 1 spiro atoms. The van der Waals surface area contributed by atoms with E-state index >= 15 is 0 Å². The fourth-order valence-corrected chi connectivity index (χ4v) is 7.94. The fourth-order valence-electron chi connectivity index (χ4n) is 5.49. The highest BCUT2D eigenvalue weighted by atomic mass is 32.2. The molecule has 3 fully saturated rings. The lowest BCUT2D eigenvalue weighted by Crippen LogP contribution is -2.62. The second kappa shape index (κ2) is 7.17. The maximum Gasteiger partial charge on any atom is 0.150 e. The van der Waals surface area contributed by atoms with Crippen molar-refractivity contribution in [2.24, 2.45) is 11.3 Å². The Morgan fingerprint density at radius 2 is 2.00 bits per heavy atom. The number of fused-ring (bicyclic) bond motifs is 1. The molecule has 0 saturated carbocycles. The molecule has 0 radical (unpaired) electrons. The molecule has 8 heteroatoms. The van der Waals surface area contributed by atoms with E-state index in [1.165, 1.54) is 16.7 Å². The van der Waals surface area contributed by atoms with Gasteiger partial charge in [0, 0.05) is 42.5 Å². The van der Waals surface area contributed by atoms with Gasteiger partial charge in [0.25, 0.3) is 0 Å². The van der Waals surface area contributed by atoms with E-state index in [0.717, 1.165) is 56.1 Å². The summed E-state index contributed by atoms with van der Waals surface area (Å²) in [7, 11) is -2.78. The number of aryl methyl sites for hydroxylation is 1. The summed E-state index contributed by atoms with van der Waals surface area (Å²) in [5.74, 6) is 2.37. The van der Waals surface area contributed by atoms with E-state index in [4.69, 9.17) is 0 Å². The molecule has 5 rings (SSSR count). The molecule has 2 aromatic rings. The van der Waals surface area contributed by atoms with Gasteiger partial charge in [-0.25, -0.2) is 18.4 Å². The summed E-state index contributed by atoms with van der Waals surface area (Å²) in [6, 6.07) is 2.76. The van der Waals surface area contributed by atoms with Crippen molar-refractivity contribution < 1.29 is 8.42 Å². The highest BCUT2D eigenvalue weighted by Gasteiger charge is 2.50. The predicted octanol–water partition coefficient (Wildman–Crippen LogP) is 2.98. The van der Waals surface area contributed by atoms with Gasteiger partial charge in [0.05, 0.1) is 16.9 Å². The monoisotopic (exact) mass is 434 g/mol. The van der Waals surface area contributed by atoms with Crippen LogP contribution in [0.4, 0.5) is 5.82 Å². The lowest BCUT2D eigenvalue weighted by Gasteiger charge is -2.53. The van der Waals surface area contributed by atoms with Crippen LogP contribution in [0.3, 0.4) is 0 Å². The SMILES string of the molecule is CCc1cc2c(N3CCC4(C3)CN([C@H](C)C3CCS(=O)(=O)CC3)C4)ncnc2s1. The van der Waals surface area contributed by atoms with Gasteiger partial charge in [-0.05, 0) is 44.6 Å². The van der Waals surface area contributed by atoms with Crippen molar-refractivity contribution in [2.75, 3.05) is 42.6 Å². The standard InChI is InChI=1S/C21H30N4O2S2/c1-3-17-10-18-19(22-14-23-20(18)28-17)24-7-6-21(11-24)12-25(13-21)15(2)16-4-8-29(26,27)9-5-16/h10,14-16H,3-9,11-13H2,1-2H3/t15-/m1/s1. The molecule has 29 heavy (non-hydrogen) atoms. The lowest BCUT2D eigenvalue weighted by molar-refractivity contribution is -0.0304. The van der Waals surface area contributed by atoms with Crippen molar-refractivity contribution in [1.82, 2.24) is 14.9 Å². The molecule has 3 aliphatic heterocycles. The minimum absolute atomic E-state index is 0.371. The molecule has 5 heterocycles. The summed E-state index contributed by atoms with van der Waals surface area (Å²) < 4.78 is 23.5. The van der Waals surface area contributed by atoms with Crippen LogP contribution in [0, 0.1) is 11.3 Å². The molecule has 0 N–H and O–H groups in total. The van der Waals surface area contributed by atoms with Gasteiger partial charge < -0.3 is 4.90 Å². The number of rotatable bonds is 4. The zero-order valence-corrected chi connectivity index (χ0v) is 18.9. The molecule has 0 aliphatic carbocycles. The van der Waals surface area contributed by atoms with E-state index < -0.39 is 9.84 Å². The minimum atomic E-state index is -2.78. The average Bonchev–Trinajstić information content (AvgIpc) is 3.30. The first-order valence-electron chi connectivity index (χ1n) is 10.8.